The van der Waals surface area contributed by atoms with Gasteiger partial charge in [0.25, 0.3) is 11.1 Å². The number of thiazole rings is 1. The number of aromatic nitrogens is 6. The van der Waals surface area contributed by atoms with Crippen molar-refractivity contribution in [2.75, 3.05) is 0 Å². The van der Waals surface area contributed by atoms with Gasteiger partial charge in [0.2, 0.25) is 5.78 Å². The molecule has 8 nitrogen and oxygen atoms in total. The number of hydrogen-bond acceptors (Lipinski definition) is 7. The minimum Gasteiger partial charge on any atom is -0.276 e. The monoisotopic (exact) mass is 466 g/mol. The van der Waals surface area contributed by atoms with E-state index in [1.54, 1.807) is 15.0 Å². The number of rotatable bonds is 6. The number of para-hydroxylation sites is 1. The van der Waals surface area contributed by atoms with Crippen molar-refractivity contribution in [3.63, 3.8) is 0 Å². The van der Waals surface area contributed by atoms with Gasteiger partial charge in [-0.15, -0.1) is 21.5 Å². The zero-order chi connectivity index (χ0) is 22.4. The molecule has 5 aromatic rings. The fourth-order valence-corrected chi connectivity index (χ4v) is 5.45. The number of fused-ring (bicyclic) bond motifs is 4. The van der Waals surface area contributed by atoms with Gasteiger partial charge < -0.3 is 0 Å². The van der Waals surface area contributed by atoms with Crippen molar-refractivity contribution in [1.29, 1.82) is 0 Å². The highest BCUT2D eigenvalue weighted by molar-refractivity contribution is 7.98. The van der Waals surface area contributed by atoms with Crippen molar-refractivity contribution in [2.45, 2.75) is 44.6 Å². The van der Waals surface area contributed by atoms with Crippen molar-refractivity contribution < 1.29 is 0 Å². The molecule has 0 saturated carbocycles. The summed E-state index contributed by atoms with van der Waals surface area (Å²) in [6.07, 6.45) is 0.872. The predicted molar refractivity (Wildman–Crippen MR) is 128 cm³/mol. The molecule has 0 aliphatic carbocycles. The van der Waals surface area contributed by atoms with Crippen LogP contribution in [0.1, 0.15) is 31.7 Å². The lowest BCUT2D eigenvalue weighted by Gasteiger charge is -2.12. The molecule has 0 radical (unpaired) electrons. The summed E-state index contributed by atoms with van der Waals surface area (Å²) >= 11 is 2.91. The van der Waals surface area contributed by atoms with Gasteiger partial charge in [0.15, 0.2) is 10.1 Å². The van der Waals surface area contributed by atoms with Gasteiger partial charge in [0.05, 0.1) is 16.6 Å². The summed E-state index contributed by atoms with van der Waals surface area (Å²) in [5.41, 5.74) is 2.22. The summed E-state index contributed by atoms with van der Waals surface area (Å²) in [5.74, 6) is 1.48. The Balaban J connectivity index is 1.58. The molecule has 0 N–H and O–H groups in total. The first kappa shape index (κ1) is 20.9. The van der Waals surface area contributed by atoms with Gasteiger partial charge in [-0.05, 0) is 31.4 Å². The van der Waals surface area contributed by atoms with E-state index >= 15 is 0 Å². The molecule has 4 heterocycles. The highest BCUT2D eigenvalue weighted by atomic mass is 32.2. The Morgan fingerprint density at radius 3 is 2.75 bits per heavy atom. The van der Waals surface area contributed by atoms with Crippen LogP contribution in [-0.4, -0.2) is 28.5 Å². The average molecular weight is 467 g/mol. The largest absolute Gasteiger partial charge is 0.276 e. The highest BCUT2D eigenvalue weighted by Gasteiger charge is 2.17. The maximum atomic E-state index is 13.1. The Hall–Kier alpha value is -2.98. The van der Waals surface area contributed by atoms with Crippen molar-refractivity contribution >= 4 is 44.7 Å². The van der Waals surface area contributed by atoms with Gasteiger partial charge in [0.1, 0.15) is 0 Å². The van der Waals surface area contributed by atoms with Crippen LogP contribution in [0, 0.1) is 12.8 Å². The standard InChI is InChI=1S/C22H22N6O2S2/c1-13(2)8-9-26-19(30)16-6-4-5-7-17(16)28-20(26)24-25-22(28)32-12-15-10-18(29)27-14(3)11-31-21(27)23-15/h4-7,10-11,13H,8-9,12H2,1-3H3. The molecule has 164 valence electrons. The second-order valence-corrected chi connectivity index (χ2v) is 9.92. The maximum absolute atomic E-state index is 13.1. The van der Waals surface area contributed by atoms with Gasteiger partial charge in [-0.1, -0.05) is 37.7 Å². The third-order valence-electron chi connectivity index (χ3n) is 5.39. The lowest BCUT2D eigenvalue weighted by Crippen LogP contribution is -2.24. The highest BCUT2D eigenvalue weighted by Crippen LogP contribution is 2.24. The van der Waals surface area contributed by atoms with Crippen LogP contribution < -0.4 is 11.1 Å². The van der Waals surface area contributed by atoms with E-state index in [0.717, 1.165) is 17.6 Å². The summed E-state index contributed by atoms with van der Waals surface area (Å²) in [4.78, 5) is 30.9. The second-order valence-electron chi connectivity index (χ2n) is 8.14. The zero-order valence-corrected chi connectivity index (χ0v) is 19.6. The number of benzene rings is 1. The molecule has 0 saturated heterocycles. The average Bonchev–Trinajstić information content (AvgIpc) is 3.36. The molecule has 0 unspecified atom stereocenters. The summed E-state index contributed by atoms with van der Waals surface area (Å²) in [7, 11) is 0. The number of aryl methyl sites for hydroxylation is 2. The molecule has 0 aliphatic heterocycles. The van der Waals surface area contributed by atoms with Crippen LogP contribution in [-0.2, 0) is 12.3 Å². The van der Waals surface area contributed by atoms with Crippen LogP contribution in [0.3, 0.4) is 0 Å². The van der Waals surface area contributed by atoms with E-state index in [1.165, 1.54) is 23.1 Å². The van der Waals surface area contributed by atoms with Crippen LogP contribution >= 0.6 is 23.1 Å². The molecule has 0 aliphatic rings. The summed E-state index contributed by atoms with van der Waals surface area (Å²) < 4.78 is 5.26. The molecular weight excluding hydrogens is 444 g/mol. The lowest BCUT2D eigenvalue weighted by atomic mass is 10.1. The molecule has 10 heteroatoms. The van der Waals surface area contributed by atoms with E-state index in [-0.39, 0.29) is 11.1 Å². The van der Waals surface area contributed by atoms with Crippen LogP contribution in [0.5, 0.6) is 0 Å². The third kappa shape index (κ3) is 3.53. The molecule has 0 fully saturated rings. The predicted octanol–water partition coefficient (Wildman–Crippen LogP) is 3.76. The van der Waals surface area contributed by atoms with Gasteiger partial charge in [-0.25, -0.2) is 4.98 Å². The summed E-state index contributed by atoms with van der Waals surface area (Å²) in [6.45, 7) is 6.75. The zero-order valence-electron chi connectivity index (χ0n) is 18.0. The second kappa shape index (κ2) is 8.18. The maximum Gasteiger partial charge on any atom is 0.262 e. The Bertz CT molecular complexity index is 1580. The molecule has 1 aromatic carbocycles. The number of nitrogens with zero attached hydrogens (tertiary/aromatic N) is 6. The first-order chi connectivity index (χ1) is 15.4. The minimum atomic E-state index is -0.0802. The summed E-state index contributed by atoms with van der Waals surface area (Å²) in [6, 6.07) is 9.10. The third-order valence-corrected chi connectivity index (χ3v) is 7.29. The molecule has 0 spiro atoms. The molecule has 5 rings (SSSR count). The SMILES string of the molecule is Cc1csc2nc(CSc3nnc4n(CCC(C)C)c(=O)c5ccccc5n34)cc(=O)n12. The minimum absolute atomic E-state index is 0.0501. The van der Waals surface area contributed by atoms with E-state index in [2.05, 4.69) is 29.0 Å². The summed E-state index contributed by atoms with van der Waals surface area (Å²) in [5, 5.41) is 12.0. The topological polar surface area (TPSA) is 86.6 Å². The van der Waals surface area contributed by atoms with Crippen molar-refractivity contribution in [1.82, 2.24) is 28.5 Å². The smallest absolute Gasteiger partial charge is 0.262 e. The van der Waals surface area contributed by atoms with Gasteiger partial charge in [-0.3, -0.25) is 23.0 Å². The van der Waals surface area contributed by atoms with E-state index in [9.17, 15) is 9.59 Å². The number of hydrogen-bond donors (Lipinski definition) is 0. The Labute approximate surface area is 191 Å². The van der Waals surface area contributed by atoms with Crippen molar-refractivity contribution in [2.24, 2.45) is 5.92 Å². The molecule has 4 aromatic heterocycles. The van der Waals surface area contributed by atoms with Crippen molar-refractivity contribution in [3.05, 3.63) is 67.8 Å². The van der Waals surface area contributed by atoms with E-state index in [0.29, 0.717) is 45.2 Å². The molecule has 32 heavy (non-hydrogen) atoms. The molecular formula is C22H22N6O2S2. The van der Waals surface area contributed by atoms with Crippen molar-refractivity contribution in [3.8, 4) is 0 Å². The van der Waals surface area contributed by atoms with Gasteiger partial charge in [0, 0.05) is 29.4 Å². The fraction of sp³-hybridized carbons (Fsp3) is 0.318. The molecule has 0 amide bonds. The Morgan fingerprint density at radius 2 is 1.94 bits per heavy atom. The van der Waals surface area contributed by atoms with Gasteiger partial charge >= 0.3 is 0 Å². The Morgan fingerprint density at radius 1 is 1.12 bits per heavy atom. The number of thioether (sulfide) groups is 1. The van der Waals surface area contributed by atoms with Crippen LogP contribution in [0.15, 0.2) is 50.5 Å². The fourth-order valence-electron chi connectivity index (χ4n) is 3.73. The first-order valence-electron chi connectivity index (χ1n) is 10.4. The molecule has 0 bridgehead atoms. The van der Waals surface area contributed by atoms with Crippen LogP contribution in [0.2, 0.25) is 0 Å². The van der Waals surface area contributed by atoms with Crippen LogP contribution in [0.4, 0.5) is 0 Å². The van der Waals surface area contributed by atoms with Gasteiger partial charge in [-0.2, -0.15) is 0 Å². The first-order valence-corrected chi connectivity index (χ1v) is 12.3. The van der Waals surface area contributed by atoms with Crippen LogP contribution in [0.25, 0.3) is 21.6 Å². The normalized spacial score (nSPS) is 12.0. The van der Waals surface area contributed by atoms with E-state index in [1.807, 2.05) is 41.0 Å². The van der Waals surface area contributed by atoms with E-state index < -0.39 is 0 Å². The quantitative estimate of drug-likeness (QED) is 0.354. The lowest BCUT2D eigenvalue weighted by molar-refractivity contribution is 0.512. The Kier molecular flexibility index (Phi) is 5.34. The van der Waals surface area contributed by atoms with E-state index in [4.69, 9.17) is 0 Å². The molecule has 0 atom stereocenters.